The maximum Gasteiger partial charge on any atom is 0.207 e. The second-order valence-electron chi connectivity index (χ2n) is 2.98. The highest BCUT2D eigenvalue weighted by atomic mass is 16.3. The average Bonchev–Trinajstić information content (AvgIpc) is 2.18. The lowest BCUT2D eigenvalue weighted by molar-refractivity contribution is -0.109. The molecule has 0 spiro atoms. The number of aromatic hydroxyl groups is 1. The van der Waals surface area contributed by atoms with Crippen LogP contribution in [0.25, 0.3) is 0 Å². The van der Waals surface area contributed by atoms with Gasteiger partial charge in [-0.05, 0) is 30.3 Å². The van der Waals surface area contributed by atoms with Crippen molar-refractivity contribution in [3.8, 4) is 5.75 Å². The average molecular weight is 194 g/mol. The Balaban J connectivity index is 2.84. The van der Waals surface area contributed by atoms with Crippen LogP contribution in [0.4, 0.5) is 0 Å². The fourth-order valence-corrected chi connectivity index (χ4v) is 1.29. The molecule has 0 atom stereocenters. The highest BCUT2D eigenvalue weighted by Crippen LogP contribution is 2.16. The first kappa shape index (κ1) is 10.5. The molecule has 1 amide bonds. The van der Waals surface area contributed by atoms with Gasteiger partial charge in [-0.2, -0.15) is 0 Å². The molecule has 76 valence electrons. The van der Waals surface area contributed by atoms with Crippen LogP contribution in [-0.2, 0) is 17.9 Å². The molecule has 0 aliphatic rings. The number of phenolic OH excluding ortho intramolecular Hbond substituents is 1. The van der Waals surface area contributed by atoms with Gasteiger partial charge < -0.3 is 15.7 Å². The number of rotatable bonds is 5. The third kappa shape index (κ3) is 2.74. The van der Waals surface area contributed by atoms with Gasteiger partial charge in [0.15, 0.2) is 0 Å². The second kappa shape index (κ2) is 5.24. The summed E-state index contributed by atoms with van der Waals surface area (Å²) in [7, 11) is 1.85. The van der Waals surface area contributed by atoms with Crippen LogP contribution in [0.5, 0.6) is 5.75 Å². The van der Waals surface area contributed by atoms with Crippen molar-refractivity contribution >= 4 is 6.41 Å². The number of phenols is 1. The molecule has 0 saturated heterocycles. The molecule has 0 aliphatic heterocycles. The highest BCUT2D eigenvalue weighted by Gasteiger charge is 2.02. The first-order valence-corrected chi connectivity index (χ1v) is 4.40. The summed E-state index contributed by atoms with van der Waals surface area (Å²) in [6.07, 6.45) is 0.646. The molecule has 0 radical (unpaired) electrons. The van der Waals surface area contributed by atoms with Crippen LogP contribution in [0.3, 0.4) is 0 Å². The van der Waals surface area contributed by atoms with Crippen LogP contribution < -0.4 is 10.6 Å². The minimum atomic E-state index is 0.215. The molecule has 1 aromatic carbocycles. The Hall–Kier alpha value is -1.55. The van der Waals surface area contributed by atoms with Gasteiger partial charge in [0, 0.05) is 13.1 Å². The van der Waals surface area contributed by atoms with E-state index in [4.69, 9.17) is 0 Å². The summed E-state index contributed by atoms with van der Waals surface area (Å²) in [5.74, 6) is 0.215. The zero-order chi connectivity index (χ0) is 10.4. The van der Waals surface area contributed by atoms with Gasteiger partial charge in [-0.1, -0.05) is 6.07 Å². The normalized spacial score (nSPS) is 9.79. The van der Waals surface area contributed by atoms with Crippen LogP contribution >= 0.6 is 0 Å². The largest absolute Gasteiger partial charge is 0.508 e. The summed E-state index contributed by atoms with van der Waals surface area (Å²) in [5, 5.41) is 14.9. The van der Waals surface area contributed by atoms with Gasteiger partial charge in [0.1, 0.15) is 5.75 Å². The van der Waals surface area contributed by atoms with Gasteiger partial charge in [-0.3, -0.25) is 4.79 Å². The van der Waals surface area contributed by atoms with Crippen LogP contribution in [-0.4, -0.2) is 18.6 Å². The topological polar surface area (TPSA) is 61.4 Å². The van der Waals surface area contributed by atoms with Gasteiger partial charge in [-0.25, -0.2) is 0 Å². The van der Waals surface area contributed by atoms with Gasteiger partial charge in [-0.15, -0.1) is 0 Å². The van der Waals surface area contributed by atoms with Crippen molar-refractivity contribution in [3.63, 3.8) is 0 Å². The maximum absolute atomic E-state index is 10.1. The van der Waals surface area contributed by atoms with Crippen LogP contribution in [0.15, 0.2) is 18.2 Å². The standard InChI is InChI=1S/C10H14N2O2/c1-11-5-8-2-3-10(14)4-9(8)6-12-7-13/h2-4,7,11,14H,5-6H2,1H3,(H,12,13). The van der Waals surface area contributed by atoms with E-state index in [1.54, 1.807) is 12.1 Å². The summed E-state index contributed by atoms with van der Waals surface area (Å²) in [4.78, 5) is 10.1. The fraction of sp³-hybridized carbons (Fsp3) is 0.300. The van der Waals surface area contributed by atoms with E-state index in [0.29, 0.717) is 13.0 Å². The van der Waals surface area contributed by atoms with E-state index in [-0.39, 0.29) is 5.75 Å². The van der Waals surface area contributed by atoms with E-state index in [9.17, 15) is 9.90 Å². The maximum atomic E-state index is 10.1. The van der Waals surface area contributed by atoms with Gasteiger partial charge in [0.05, 0.1) is 0 Å². The Morgan fingerprint density at radius 3 is 2.79 bits per heavy atom. The van der Waals surface area contributed by atoms with E-state index in [1.165, 1.54) is 0 Å². The number of amides is 1. The molecule has 0 bridgehead atoms. The Kier molecular flexibility index (Phi) is 3.94. The lowest BCUT2D eigenvalue weighted by Gasteiger charge is -2.08. The van der Waals surface area contributed by atoms with E-state index in [1.807, 2.05) is 13.1 Å². The molecular formula is C10H14N2O2. The minimum absolute atomic E-state index is 0.215. The Morgan fingerprint density at radius 1 is 1.36 bits per heavy atom. The first-order chi connectivity index (χ1) is 6.77. The van der Waals surface area contributed by atoms with Crippen molar-refractivity contribution in [3.05, 3.63) is 29.3 Å². The molecule has 1 aromatic rings. The molecule has 14 heavy (non-hydrogen) atoms. The Labute approximate surface area is 82.9 Å². The summed E-state index contributed by atoms with van der Waals surface area (Å²) in [6.45, 7) is 1.16. The third-order valence-corrected chi connectivity index (χ3v) is 1.93. The summed E-state index contributed by atoms with van der Waals surface area (Å²) in [6, 6.07) is 5.13. The first-order valence-electron chi connectivity index (χ1n) is 4.40. The number of hydrogen-bond acceptors (Lipinski definition) is 3. The summed E-state index contributed by atoms with van der Waals surface area (Å²) < 4.78 is 0. The Morgan fingerprint density at radius 2 is 2.14 bits per heavy atom. The van der Waals surface area contributed by atoms with Crippen molar-refractivity contribution in [1.29, 1.82) is 0 Å². The van der Waals surface area contributed by atoms with Crippen molar-refractivity contribution in [1.82, 2.24) is 10.6 Å². The highest BCUT2D eigenvalue weighted by molar-refractivity contribution is 5.47. The predicted octanol–water partition coefficient (Wildman–Crippen LogP) is 0.358. The summed E-state index contributed by atoms with van der Waals surface area (Å²) >= 11 is 0. The molecule has 4 nitrogen and oxygen atoms in total. The molecule has 4 heteroatoms. The number of carbonyl (C=O) groups excluding carboxylic acids is 1. The molecule has 3 N–H and O–H groups in total. The Bertz CT molecular complexity index is 313. The monoisotopic (exact) mass is 194 g/mol. The molecule has 1 rings (SSSR count). The zero-order valence-electron chi connectivity index (χ0n) is 8.08. The van der Waals surface area contributed by atoms with Gasteiger partial charge in [0.2, 0.25) is 6.41 Å². The SMILES string of the molecule is CNCc1ccc(O)cc1CNC=O. The van der Waals surface area contributed by atoms with Crippen LogP contribution in [0, 0.1) is 0 Å². The predicted molar refractivity (Wildman–Crippen MR) is 53.8 cm³/mol. The van der Waals surface area contributed by atoms with Crippen LogP contribution in [0.2, 0.25) is 0 Å². The van der Waals surface area contributed by atoms with Crippen molar-refractivity contribution in [2.75, 3.05) is 7.05 Å². The minimum Gasteiger partial charge on any atom is -0.508 e. The molecule has 0 aliphatic carbocycles. The van der Waals surface area contributed by atoms with E-state index < -0.39 is 0 Å². The van der Waals surface area contributed by atoms with Crippen molar-refractivity contribution < 1.29 is 9.90 Å². The number of carbonyl (C=O) groups is 1. The van der Waals surface area contributed by atoms with E-state index in [0.717, 1.165) is 17.7 Å². The molecule has 0 unspecified atom stereocenters. The fourth-order valence-electron chi connectivity index (χ4n) is 1.29. The smallest absolute Gasteiger partial charge is 0.207 e. The number of hydrogen-bond donors (Lipinski definition) is 3. The lowest BCUT2D eigenvalue weighted by Crippen LogP contribution is -2.14. The molecule has 0 fully saturated rings. The summed E-state index contributed by atoms with van der Waals surface area (Å²) in [5.41, 5.74) is 1.99. The molecular weight excluding hydrogens is 180 g/mol. The van der Waals surface area contributed by atoms with E-state index >= 15 is 0 Å². The molecule has 0 aromatic heterocycles. The lowest BCUT2D eigenvalue weighted by atomic mass is 10.1. The molecule has 0 saturated carbocycles. The number of benzene rings is 1. The van der Waals surface area contributed by atoms with E-state index in [2.05, 4.69) is 10.6 Å². The third-order valence-electron chi connectivity index (χ3n) is 1.93. The second-order valence-corrected chi connectivity index (χ2v) is 2.98. The van der Waals surface area contributed by atoms with Gasteiger partial charge in [0.25, 0.3) is 0 Å². The zero-order valence-corrected chi connectivity index (χ0v) is 8.08. The number of nitrogens with one attached hydrogen (secondary N) is 2. The quantitative estimate of drug-likeness (QED) is 0.593. The van der Waals surface area contributed by atoms with Crippen molar-refractivity contribution in [2.24, 2.45) is 0 Å². The van der Waals surface area contributed by atoms with Crippen LogP contribution in [0.1, 0.15) is 11.1 Å². The van der Waals surface area contributed by atoms with Crippen molar-refractivity contribution in [2.45, 2.75) is 13.1 Å². The molecule has 0 heterocycles. The van der Waals surface area contributed by atoms with Gasteiger partial charge >= 0.3 is 0 Å².